The van der Waals surface area contributed by atoms with Crippen molar-refractivity contribution in [2.75, 3.05) is 63.9 Å². The summed E-state index contributed by atoms with van der Waals surface area (Å²) in [5, 5.41) is 3.02. The van der Waals surface area contributed by atoms with Crippen LogP contribution in [0.15, 0.2) is 0 Å². The Labute approximate surface area is 179 Å². The van der Waals surface area contributed by atoms with Crippen LogP contribution in [0, 0.1) is 0 Å². The molecule has 0 aromatic carbocycles. The van der Waals surface area contributed by atoms with Gasteiger partial charge in [0.15, 0.2) is 9.84 Å². The summed E-state index contributed by atoms with van der Waals surface area (Å²) in [5.74, 6) is 0.309. The van der Waals surface area contributed by atoms with Crippen molar-refractivity contribution in [1.82, 2.24) is 20.0 Å². The number of nitrogens with zero attached hydrogens (tertiary/aromatic N) is 3. The Morgan fingerprint density at radius 1 is 1.00 bits per heavy atom. The third-order valence-electron chi connectivity index (χ3n) is 6.53. The summed E-state index contributed by atoms with van der Waals surface area (Å²) in [6, 6.07) is 0.143. The molecule has 2 amide bonds. The Bertz CT molecular complexity index is 727. The van der Waals surface area contributed by atoms with Crippen molar-refractivity contribution >= 4 is 21.7 Å². The molecule has 9 nitrogen and oxygen atoms in total. The first-order chi connectivity index (χ1) is 14.4. The second-order valence-corrected chi connectivity index (χ2v) is 11.4. The van der Waals surface area contributed by atoms with E-state index < -0.39 is 9.84 Å². The molecule has 1 saturated carbocycles. The Morgan fingerprint density at radius 2 is 1.70 bits per heavy atom. The van der Waals surface area contributed by atoms with E-state index in [-0.39, 0.29) is 35.5 Å². The monoisotopic (exact) mass is 442 g/mol. The molecule has 0 bridgehead atoms. The van der Waals surface area contributed by atoms with Crippen molar-refractivity contribution < 1.29 is 22.7 Å². The number of hydrogen-bond acceptors (Lipinski definition) is 7. The van der Waals surface area contributed by atoms with E-state index in [0.29, 0.717) is 38.7 Å². The number of nitrogens with one attached hydrogen (secondary N) is 1. The Kier molecular flexibility index (Phi) is 6.96. The summed E-state index contributed by atoms with van der Waals surface area (Å²) in [4.78, 5) is 31.1. The van der Waals surface area contributed by atoms with Crippen molar-refractivity contribution in [2.45, 2.75) is 50.3 Å². The molecule has 3 heterocycles. The zero-order chi connectivity index (χ0) is 21.1. The minimum Gasteiger partial charge on any atom is -0.376 e. The molecule has 4 rings (SSSR count). The Hall–Kier alpha value is -1.23. The van der Waals surface area contributed by atoms with E-state index in [9.17, 15) is 18.0 Å². The number of rotatable bonds is 8. The first-order valence-electron chi connectivity index (χ1n) is 11.2. The number of piperazine rings is 1. The fourth-order valence-electron chi connectivity index (χ4n) is 4.58. The molecule has 0 aromatic rings. The largest absolute Gasteiger partial charge is 0.376 e. The highest BCUT2D eigenvalue weighted by Gasteiger charge is 2.37. The summed E-state index contributed by atoms with van der Waals surface area (Å²) >= 11 is 0. The van der Waals surface area contributed by atoms with E-state index in [1.54, 1.807) is 4.90 Å². The fourth-order valence-corrected chi connectivity index (χ4v) is 6.31. The topological polar surface area (TPSA) is 99.3 Å². The molecule has 1 aliphatic carbocycles. The van der Waals surface area contributed by atoms with Crippen molar-refractivity contribution in [3.63, 3.8) is 0 Å². The zero-order valence-electron chi connectivity index (χ0n) is 17.6. The van der Waals surface area contributed by atoms with Crippen LogP contribution >= 0.6 is 0 Å². The smallest absolute Gasteiger partial charge is 0.237 e. The first kappa shape index (κ1) is 22.0. The SMILES string of the molecule is O=C(CN1CCN(CC(=O)N(CC2CCCO2)C2CCS(=O)(=O)C2)CC1)NC1CC1. The van der Waals surface area contributed by atoms with Gasteiger partial charge >= 0.3 is 0 Å². The predicted octanol–water partition coefficient (Wildman–Crippen LogP) is -0.923. The number of sulfone groups is 1. The van der Waals surface area contributed by atoms with E-state index >= 15 is 0 Å². The lowest BCUT2D eigenvalue weighted by Gasteiger charge is -2.36. The third-order valence-corrected chi connectivity index (χ3v) is 8.28. The minimum atomic E-state index is -3.06. The lowest BCUT2D eigenvalue weighted by atomic mass is 10.1. The highest BCUT2D eigenvalue weighted by atomic mass is 32.2. The van der Waals surface area contributed by atoms with Gasteiger partial charge in [-0.05, 0) is 32.1 Å². The molecule has 3 saturated heterocycles. The Balaban J connectivity index is 1.27. The van der Waals surface area contributed by atoms with Crippen molar-refractivity contribution in [3.05, 3.63) is 0 Å². The third kappa shape index (κ3) is 6.15. The molecule has 4 fully saturated rings. The van der Waals surface area contributed by atoms with E-state index in [0.717, 1.165) is 51.9 Å². The molecular weight excluding hydrogens is 408 g/mol. The van der Waals surface area contributed by atoms with Crippen LogP contribution in [0.4, 0.5) is 0 Å². The molecule has 10 heteroatoms. The predicted molar refractivity (Wildman–Crippen MR) is 112 cm³/mol. The summed E-state index contributed by atoms with van der Waals surface area (Å²) in [7, 11) is -3.06. The van der Waals surface area contributed by atoms with Gasteiger partial charge in [-0.1, -0.05) is 0 Å². The van der Waals surface area contributed by atoms with Gasteiger partial charge in [-0.25, -0.2) is 8.42 Å². The molecule has 30 heavy (non-hydrogen) atoms. The van der Waals surface area contributed by atoms with Gasteiger partial charge in [-0.15, -0.1) is 0 Å². The minimum absolute atomic E-state index is 0.00692. The maximum absolute atomic E-state index is 13.1. The average Bonchev–Trinajstić information content (AvgIpc) is 3.21. The van der Waals surface area contributed by atoms with Crippen LogP contribution in [0.3, 0.4) is 0 Å². The van der Waals surface area contributed by atoms with Gasteiger partial charge in [-0.2, -0.15) is 0 Å². The molecule has 0 radical (unpaired) electrons. The van der Waals surface area contributed by atoms with Gasteiger partial charge in [0.2, 0.25) is 11.8 Å². The molecule has 2 atom stereocenters. The van der Waals surface area contributed by atoms with Gasteiger partial charge in [-0.3, -0.25) is 19.4 Å². The van der Waals surface area contributed by atoms with E-state index in [4.69, 9.17) is 4.74 Å². The van der Waals surface area contributed by atoms with Gasteiger partial charge < -0.3 is 15.0 Å². The quantitative estimate of drug-likeness (QED) is 0.519. The van der Waals surface area contributed by atoms with E-state index in [1.165, 1.54) is 0 Å². The van der Waals surface area contributed by atoms with Gasteiger partial charge in [0, 0.05) is 51.4 Å². The van der Waals surface area contributed by atoms with E-state index in [1.807, 2.05) is 0 Å². The highest BCUT2D eigenvalue weighted by molar-refractivity contribution is 7.91. The second kappa shape index (κ2) is 9.50. The highest BCUT2D eigenvalue weighted by Crippen LogP contribution is 2.22. The molecule has 0 spiro atoms. The lowest BCUT2D eigenvalue weighted by Crippen LogP contribution is -2.54. The average molecular weight is 443 g/mol. The maximum atomic E-state index is 13.1. The fraction of sp³-hybridized carbons (Fsp3) is 0.900. The van der Waals surface area contributed by atoms with Crippen molar-refractivity contribution in [2.24, 2.45) is 0 Å². The normalized spacial score (nSPS) is 29.7. The molecule has 170 valence electrons. The lowest BCUT2D eigenvalue weighted by molar-refractivity contribution is -0.136. The second-order valence-electron chi connectivity index (χ2n) is 9.13. The molecule has 2 unspecified atom stereocenters. The van der Waals surface area contributed by atoms with Crippen LogP contribution in [0.2, 0.25) is 0 Å². The van der Waals surface area contributed by atoms with Crippen LogP contribution in [0.1, 0.15) is 32.1 Å². The van der Waals surface area contributed by atoms with Gasteiger partial charge in [0.05, 0.1) is 30.7 Å². The molecular formula is C20H34N4O5S. The number of amides is 2. The molecule has 1 N–H and O–H groups in total. The summed E-state index contributed by atoms with van der Waals surface area (Å²) < 4.78 is 29.7. The van der Waals surface area contributed by atoms with Gasteiger partial charge in [0.25, 0.3) is 0 Å². The maximum Gasteiger partial charge on any atom is 0.237 e. The van der Waals surface area contributed by atoms with Crippen LogP contribution in [0.5, 0.6) is 0 Å². The number of ether oxygens (including phenoxy) is 1. The summed E-state index contributed by atoms with van der Waals surface area (Å²) in [6.07, 6.45) is 4.62. The number of carbonyl (C=O) groups excluding carboxylic acids is 2. The first-order valence-corrected chi connectivity index (χ1v) is 13.1. The van der Waals surface area contributed by atoms with Crippen LogP contribution in [-0.2, 0) is 24.2 Å². The number of carbonyl (C=O) groups is 2. The molecule has 3 aliphatic heterocycles. The Morgan fingerprint density at radius 3 is 2.27 bits per heavy atom. The molecule has 0 aromatic heterocycles. The van der Waals surface area contributed by atoms with Crippen LogP contribution in [0.25, 0.3) is 0 Å². The summed E-state index contributed by atoms with van der Waals surface area (Å²) in [6.45, 7) is 4.91. The van der Waals surface area contributed by atoms with Crippen molar-refractivity contribution in [1.29, 1.82) is 0 Å². The number of hydrogen-bond donors (Lipinski definition) is 1. The molecule has 4 aliphatic rings. The summed E-state index contributed by atoms with van der Waals surface area (Å²) in [5.41, 5.74) is 0. The standard InChI is InChI=1S/C20H34N4O5S/c25-19(21-16-3-4-16)13-22-6-8-23(9-7-22)14-20(26)24(12-18-2-1-10-29-18)17-5-11-30(27,28)15-17/h16-18H,1-15H2,(H,21,25). The van der Waals surface area contributed by atoms with Gasteiger partial charge in [0.1, 0.15) is 0 Å². The van der Waals surface area contributed by atoms with Crippen LogP contribution in [-0.4, -0.2) is 117 Å². The van der Waals surface area contributed by atoms with Crippen LogP contribution < -0.4 is 5.32 Å². The van der Waals surface area contributed by atoms with E-state index in [2.05, 4.69) is 15.1 Å². The zero-order valence-corrected chi connectivity index (χ0v) is 18.4. The van der Waals surface area contributed by atoms with Crippen molar-refractivity contribution in [3.8, 4) is 0 Å².